The summed E-state index contributed by atoms with van der Waals surface area (Å²) < 4.78 is 0. The summed E-state index contributed by atoms with van der Waals surface area (Å²) in [5, 5.41) is 1.71. The molecule has 0 aliphatic carbocycles. The van der Waals surface area contributed by atoms with E-state index in [1.54, 1.807) is 0 Å². The van der Waals surface area contributed by atoms with Crippen molar-refractivity contribution in [2.24, 2.45) is 11.8 Å². The van der Waals surface area contributed by atoms with E-state index in [4.69, 9.17) is 11.6 Å². The van der Waals surface area contributed by atoms with Gasteiger partial charge in [0.05, 0.1) is 0 Å². The van der Waals surface area contributed by atoms with Gasteiger partial charge in [0, 0.05) is 29.1 Å². The van der Waals surface area contributed by atoms with Crippen LogP contribution in [0.1, 0.15) is 19.4 Å². The lowest BCUT2D eigenvalue weighted by atomic mass is 10.0. The highest BCUT2D eigenvalue weighted by molar-refractivity contribution is 9.08. The number of anilines is 1. The van der Waals surface area contributed by atoms with Gasteiger partial charge in [0.25, 0.3) is 0 Å². The van der Waals surface area contributed by atoms with Crippen molar-refractivity contribution in [2.75, 3.05) is 18.0 Å². The summed E-state index contributed by atoms with van der Waals surface area (Å²) in [6.07, 6.45) is 0. The molecule has 0 amide bonds. The van der Waals surface area contributed by atoms with Gasteiger partial charge in [-0.05, 0) is 29.5 Å². The smallest absolute Gasteiger partial charge is 0.0426 e. The number of benzene rings is 1. The standard InChI is InChI=1S/C13H17BrClN/c1-9-7-16(8-10(9)2)13-5-12(15)4-3-11(13)6-14/h3-5,9-10H,6-8H2,1-2H3. The van der Waals surface area contributed by atoms with Gasteiger partial charge in [-0.25, -0.2) is 0 Å². The Bertz CT molecular complexity index is 370. The van der Waals surface area contributed by atoms with Gasteiger partial charge in [0.15, 0.2) is 0 Å². The highest BCUT2D eigenvalue weighted by Crippen LogP contribution is 2.32. The summed E-state index contributed by atoms with van der Waals surface area (Å²) in [6, 6.07) is 6.16. The summed E-state index contributed by atoms with van der Waals surface area (Å²) in [6.45, 7) is 6.93. The largest absolute Gasteiger partial charge is 0.371 e. The van der Waals surface area contributed by atoms with E-state index in [1.807, 2.05) is 6.07 Å². The fourth-order valence-electron chi connectivity index (χ4n) is 2.27. The fraction of sp³-hybridized carbons (Fsp3) is 0.538. The van der Waals surface area contributed by atoms with Crippen LogP contribution in [0.3, 0.4) is 0 Å². The molecule has 2 unspecified atom stereocenters. The number of hydrogen-bond donors (Lipinski definition) is 0. The summed E-state index contributed by atoms with van der Waals surface area (Å²) in [7, 11) is 0. The minimum absolute atomic E-state index is 0.766. The Morgan fingerprint density at radius 3 is 2.50 bits per heavy atom. The van der Waals surface area contributed by atoms with E-state index in [9.17, 15) is 0 Å². The molecule has 88 valence electrons. The maximum Gasteiger partial charge on any atom is 0.0426 e. The lowest BCUT2D eigenvalue weighted by Crippen LogP contribution is -2.20. The summed E-state index contributed by atoms with van der Waals surface area (Å²) in [4.78, 5) is 2.46. The van der Waals surface area contributed by atoms with Gasteiger partial charge in [0.1, 0.15) is 0 Å². The van der Waals surface area contributed by atoms with Gasteiger partial charge in [-0.2, -0.15) is 0 Å². The van der Waals surface area contributed by atoms with Gasteiger partial charge in [-0.15, -0.1) is 0 Å². The molecule has 1 aliphatic rings. The van der Waals surface area contributed by atoms with Crippen molar-refractivity contribution in [3.05, 3.63) is 28.8 Å². The van der Waals surface area contributed by atoms with Crippen molar-refractivity contribution in [3.8, 4) is 0 Å². The first-order valence-corrected chi connectivity index (χ1v) is 7.21. The van der Waals surface area contributed by atoms with Gasteiger partial charge in [-0.3, -0.25) is 0 Å². The number of rotatable bonds is 2. The molecule has 0 radical (unpaired) electrons. The van der Waals surface area contributed by atoms with Gasteiger partial charge in [0.2, 0.25) is 0 Å². The van der Waals surface area contributed by atoms with Crippen molar-refractivity contribution in [3.63, 3.8) is 0 Å². The molecule has 1 fully saturated rings. The summed E-state index contributed by atoms with van der Waals surface area (Å²) in [5.74, 6) is 1.53. The second-order valence-corrected chi connectivity index (χ2v) is 5.76. The molecule has 1 aromatic carbocycles. The SMILES string of the molecule is CC1CN(c2cc(Cl)ccc2CBr)CC1C. The minimum Gasteiger partial charge on any atom is -0.371 e. The van der Waals surface area contributed by atoms with Gasteiger partial charge >= 0.3 is 0 Å². The average molecular weight is 303 g/mol. The highest BCUT2D eigenvalue weighted by Gasteiger charge is 2.27. The molecule has 1 heterocycles. The van der Waals surface area contributed by atoms with Crippen molar-refractivity contribution in [1.29, 1.82) is 0 Å². The van der Waals surface area contributed by atoms with Crippen LogP contribution in [-0.2, 0) is 5.33 Å². The molecule has 2 rings (SSSR count). The third-order valence-electron chi connectivity index (χ3n) is 3.52. The molecule has 1 saturated heterocycles. The molecular formula is C13H17BrClN. The Hall–Kier alpha value is -0.210. The van der Waals surface area contributed by atoms with Crippen molar-refractivity contribution >= 4 is 33.2 Å². The Morgan fingerprint density at radius 1 is 1.31 bits per heavy atom. The van der Waals surface area contributed by atoms with Crippen molar-refractivity contribution < 1.29 is 0 Å². The second kappa shape index (κ2) is 4.97. The Labute approximate surface area is 111 Å². The molecule has 0 aromatic heterocycles. The summed E-state index contributed by atoms with van der Waals surface area (Å²) >= 11 is 9.62. The van der Waals surface area contributed by atoms with Crippen LogP contribution in [-0.4, -0.2) is 13.1 Å². The van der Waals surface area contributed by atoms with Gasteiger partial charge in [-0.1, -0.05) is 47.4 Å². The zero-order valence-corrected chi connectivity index (χ0v) is 12.1. The van der Waals surface area contributed by atoms with E-state index in [-0.39, 0.29) is 0 Å². The number of hydrogen-bond acceptors (Lipinski definition) is 1. The Balaban J connectivity index is 2.29. The van der Waals surface area contributed by atoms with E-state index in [0.29, 0.717) is 0 Å². The highest BCUT2D eigenvalue weighted by atomic mass is 79.9. The molecule has 2 atom stereocenters. The van der Waals surface area contributed by atoms with Crippen LogP contribution >= 0.6 is 27.5 Å². The topological polar surface area (TPSA) is 3.24 Å². The van der Waals surface area contributed by atoms with Crippen molar-refractivity contribution in [1.82, 2.24) is 0 Å². The molecule has 0 N–H and O–H groups in total. The molecular weight excluding hydrogens is 286 g/mol. The predicted octanol–water partition coefficient (Wildman–Crippen LogP) is 4.33. The molecule has 0 saturated carbocycles. The second-order valence-electron chi connectivity index (χ2n) is 4.77. The van der Waals surface area contributed by atoms with E-state index in [1.165, 1.54) is 11.3 Å². The van der Waals surface area contributed by atoms with Gasteiger partial charge < -0.3 is 4.90 Å². The molecule has 1 aromatic rings. The number of alkyl halides is 1. The molecule has 16 heavy (non-hydrogen) atoms. The maximum absolute atomic E-state index is 6.08. The molecule has 1 aliphatic heterocycles. The fourth-order valence-corrected chi connectivity index (χ4v) is 2.91. The lowest BCUT2D eigenvalue weighted by Gasteiger charge is -2.21. The van der Waals surface area contributed by atoms with Crippen molar-refractivity contribution in [2.45, 2.75) is 19.2 Å². The van der Waals surface area contributed by atoms with E-state index in [0.717, 1.165) is 35.3 Å². The van der Waals surface area contributed by atoms with Crippen LogP contribution < -0.4 is 4.90 Å². The van der Waals surface area contributed by atoms with Crippen LogP contribution in [0, 0.1) is 11.8 Å². The third kappa shape index (κ3) is 2.38. The monoisotopic (exact) mass is 301 g/mol. The van der Waals surface area contributed by atoms with E-state index in [2.05, 4.69) is 46.8 Å². The van der Waals surface area contributed by atoms with E-state index < -0.39 is 0 Å². The zero-order valence-electron chi connectivity index (χ0n) is 9.71. The molecule has 0 spiro atoms. The number of nitrogens with zero attached hydrogens (tertiary/aromatic N) is 1. The third-order valence-corrected chi connectivity index (χ3v) is 4.36. The molecule has 3 heteroatoms. The van der Waals surface area contributed by atoms with Crippen LogP contribution in [0.25, 0.3) is 0 Å². The van der Waals surface area contributed by atoms with Crippen LogP contribution in [0.2, 0.25) is 5.02 Å². The zero-order chi connectivity index (χ0) is 11.7. The van der Waals surface area contributed by atoms with Crippen LogP contribution in [0.4, 0.5) is 5.69 Å². The average Bonchev–Trinajstić information content (AvgIpc) is 2.59. The summed E-state index contributed by atoms with van der Waals surface area (Å²) in [5.41, 5.74) is 2.62. The Kier molecular flexibility index (Phi) is 3.81. The normalized spacial score (nSPS) is 25.1. The number of halogens is 2. The maximum atomic E-state index is 6.08. The first-order chi connectivity index (χ1) is 7.61. The Morgan fingerprint density at radius 2 is 1.94 bits per heavy atom. The first kappa shape index (κ1) is 12.3. The van der Waals surface area contributed by atoms with E-state index >= 15 is 0 Å². The predicted molar refractivity (Wildman–Crippen MR) is 74.6 cm³/mol. The quantitative estimate of drug-likeness (QED) is 0.735. The lowest BCUT2D eigenvalue weighted by molar-refractivity contribution is 0.494. The molecule has 1 nitrogen and oxygen atoms in total. The minimum atomic E-state index is 0.766. The molecule has 0 bridgehead atoms. The van der Waals surface area contributed by atoms with Crippen LogP contribution in [0.5, 0.6) is 0 Å². The van der Waals surface area contributed by atoms with Crippen LogP contribution in [0.15, 0.2) is 18.2 Å². The first-order valence-electron chi connectivity index (χ1n) is 5.71.